The summed E-state index contributed by atoms with van der Waals surface area (Å²) in [7, 11) is 0. The maximum atomic E-state index is 13.6. The van der Waals surface area contributed by atoms with E-state index in [1.807, 2.05) is 19.9 Å². The maximum Gasteiger partial charge on any atom is 0.302 e. The highest BCUT2D eigenvalue weighted by Crippen LogP contribution is 2.66. The maximum absolute atomic E-state index is 13.6. The van der Waals surface area contributed by atoms with Gasteiger partial charge in [-0.1, -0.05) is 40.2 Å². The number of carbonyl (C=O) groups excluding carboxylic acids is 3. The van der Waals surface area contributed by atoms with Crippen molar-refractivity contribution in [1.29, 1.82) is 0 Å². The lowest BCUT2D eigenvalue weighted by molar-refractivity contribution is -0.149. The molecule has 184 valence electrons. The average molecular weight is 457 g/mol. The zero-order chi connectivity index (χ0) is 24.1. The zero-order valence-corrected chi connectivity index (χ0v) is 21.6. The van der Waals surface area contributed by atoms with Crippen molar-refractivity contribution < 1.29 is 19.1 Å². The van der Waals surface area contributed by atoms with E-state index in [0.717, 1.165) is 38.5 Å². The first-order valence-corrected chi connectivity index (χ1v) is 13.4. The van der Waals surface area contributed by atoms with Crippen LogP contribution in [0.2, 0.25) is 0 Å². The standard InChI is InChI=1S/C29H44O4/c1-17(2)25(31)10-7-18(3)22-8-9-23-27-24(12-14-29(22,23)6)28(5)13-11-21(33-19(4)30)15-20(28)16-26(27)32/h16-18,21-24,27H,7-15H2,1-6H3/t18-,21+,22-,23+,24+,27+,28+,29-/m1/s1. The Balaban J connectivity index is 1.52. The number of hydrogen-bond acceptors (Lipinski definition) is 4. The molecular formula is C29H44O4. The molecule has 0 amide bonds. The summed E-state index contributed by atoms with van der Waals surface area (Å²) in [5.74, 6) is 2.75. The molecule has 4 heteroatoms. The van der Waals surface area contributed by atoms with Crippen LogP contribution < -0.4 is 0 Å². The van der Waals surface area contributed by atoms with Crippen molar-refractivity contribution in [3.8, 4) is 0 Å². The third-order valence-electron chi connectivity index (χ3n) is 10.5. The minimum Gasteiger partial charge on any atom is -0.462 e. The van der Waals surface area contributed by atoms with Crippen LogP contribution in [0, 0.1) is 46.3 Å². The molecule has 0 radical (unpaired) electrons. The molecule has 0 aliphatic heterocycles. The highest BCUT2D eigenvalue weighted by Gasteiger charge is 2.61. The Morgan fingerprint density at radius 2 is 1.79 bits per heavy atom. The number of ether oxygens (including phenoxy) is 1. The van der Waals surface area contributed by atoms with Crippen LogP contribution in [0.5, 0.6) is 0 Å². The fraction of sp³-hybridized carbons (Fsp3) is 0.828. The molecule has 4 aliphatic carbocycles. The fourth-order valence-corrected chi connectivity index (χ4v) is 8.54. The molecule has 0 N–H and O–H groups in total. The SMILES string of the molecule is CC(=O)O[C@H]1CC[C@@]2(C)C(=CC(=O)[C@H]3[C@@H]4CC[C@H]([C@H](C)CCC(=O)C(C)C)[C@@]4(C)CC[C@@H]32)C1. The molecule has 0 saturated heterocycles. The number of hydrogen-bond donors (Lipinski definition) is 0. The van der Waals surface area contributed by atoms with E-state index >= 15 is 0 Å². The molecule has 0 bridgehead atoms. The molecule has 0 heterocycles. The fourth-order valence-electron chi connectivity index (χ4n) is 8.54. The monoisotopic (exact) mass is 456 g/mol. The van der Waals surface area contributed by atoms with Crippen molar-refractivity contribution in [3.63, 3.8) is 0 Å². The third kappa shape index (κ3) is 4.25. The van der Waals surface area contributed by atoms with E-state index in [2.05, 4.69) is 20.8 Å². The lowest BCUT2D eigenvalue weighted by Gasteiger charge is -2.57. The van der Waals surface area contributed by atoms with Gasteiger partial charge in [0.2, 0.25) is 0 Å². The van der Waals surface area contributed by atoms with Crippen LogP contribution in [0.4, 0.5) is 0 Å². The van der Waals surface area contributed by atoms with E-state index in [9.17, 15) is 14.4 Å². The Hall–Kier alpha value is -1.45. The van der Waals surface area contributed by atoms with Crippen molar-refractivity contribution in [3.05, 3.63) is 11.6 Å². The molecular weight excluding hydrogens is 412 g/mol. The molecule has 33 heavy (non-hydrogen) atoms. The van der Waals surface area contributed by atoms with E-state index in [-0.39, 0.29) is 34.7 Å². The van der Waals surface area contributed by atoms with Gasteiger partial charge in [0.25, 0.3) is 0 Å². The summed E-state index contributed by atoms with van der Waals surface area (Å²) >= 11 is 0. The van der Waals surface area contributed by atoms with Crippen LogP contribution in [-0.2, 0) is 19.1 Å². The molecule has 4 aliphatic rings. The molecule has 3 saturated carbocycles. The molecule has 4 nitrogen and oxygen atoms in total. The van der Waals surface area contributed by atoms with Gasteiger partial charge in [-0.2, -0.15) is 0 Å². The smallest absolute Gasteiger partial charge is 0.302 e. The molecule has 8 atom stereocenters. The van der Waals surface area contributed by atoms with Gasteiger partial charge >= 0.3 is 5.97 Å². The van der Waals surface area contributed by atoms with Crippen LogP contribution in [0.25, 0.3) is 0 Å². The van der Waals surface area contributed by atoms with Crippen molar-refractivity contribution >= 4 is 17.5 Å². The van der Waals surface area contributed by atoms with Crippen molar-refractivity contribution in [2.24, 2.45) is 46.3 Å². The number of fused-ring (bicyclic) bond motifs is 5. The van der Waals surface area contributed by atoms with E-state index in [1.54, 1.807) is 0 Å². The highest BCUT2D eigenvalue weighted by atomic mass is 16.5. The Bertz CT molecular complexity index is 841. The van der Waals surface area contributed by atoms with Gasteiger partial charge in [-0.05, 0) is 85.5 Å². The second kappa shape index (κ2) is 8.96. The van der Waals surface area contributed by atoms with Crippen LogP contribution in [0.15, 0.2) is 11.6 Å². The van der Waals surface area contributed by atoms with Crippen LogP contribution in [-0.4, -0.2) is 23.6 Å². The summed E-state index contributed by atoms with van der Waals surface area (Å²) < 4.78 is 5.52. The van der Waals surface area contributed by atoms with Gasteiger partial charge < -0.3 is 4.74 Å². The summed E-state index contributed by atoms with van der Waals surface area (Å²) in [5.41, 5.74) is 1.49. The Morgan fingerprint density at radius 3 is 2.45 bits per heavy atom. The second-order valence-corrected chi connectivity index (χ2v) is 12.6. The first-order valence-electron chi connectivity index (χ1n) is 13.4. The Morgan fingerprint density at radius 1 is 1.06 bits per heavy atom. The van der Waals surface area contributed by atoms with Gasteiger partial charge in [-0.25, -0.2) is 0 Å². The average Bonchev–Trinajstić information content (AvgIpc) is 3.09. The summed E-state index contributed by atoms with van der Waals surface area (Å²) in [4.78, 5) is 37.3. The number of ketones is 2. The lowest BCUT2D eigenvalue weighted by Crippen LogP contribution is -2.53. The number of carbonyl (C=O) groups is 3. The zero-order valence-electron chi connectivity index (χ0n) is 21.6. The van der Waals surface area contributed by atoms with E-state index < -0.39 is 0 Å². The molecule has 0 spiro atoms. The van der Waals surface area contributed by atoms with Gasteiger partial charge in [0, 0.05) is 31.6 Å². The molecule has 0 aromatic rings. The predicted octanol–water partition coefficient (Wildman–Crippen LogP) is 6.32. The first-order chi connectivity index (χ1) is 15.5. The van der Waals surface area contributed by atoms with Crippen molar-refractivity contribution in [2.75, 3.05) is 0 Å². The normalized spacial score (nSPS) is 41.0. The number of Topliss-reactive ketones (excluding diaryl/α,β-unsaturated/α-hetero) is 1. The van der Waals surface area contributed by atoms with Crippen molar-refractivity contribution in [2.45, 2.75) is 105 Å². The summed E-state index contributed by atoms with van der Waals surface area (Å²) in [6.45, 7) is 12.6. The molecule has 3 fully saturated rings. The minimum atomic E-state index is -0.223. The molecule has 4 rings (SSSR count). The number of rotatable bonds is 6. The van der Waals surface area contributed by atoms with Crippen LogP contribution in [0.1, 0.15) is 99.3 Å². The largest absolute Gasteiger partial charge is 0.462 e. The van der Waals surface area contributed by atoms with Crippen LogP contribution in [0.3, 0.4) is 0 Å². The van der Waals surface area contributed by atoms with E-state index in [1.165, 1.54) is 25.3 Å². The Labute approximate surface area is 200 Å². The second-order valence-electron chi connectivity index (χ2n) is 12.6. The summed E-state index contributed by atoms with van der Waals surface area (Å²) in [6.07, 6.45) is 10.8. The molecule has 0 aromatic heterocycles. The van der Waals surface area contributed by atoms with Gasteiger partial charge in [-0.15, -0.1) is 0 Å². The third-order valence-corrected chi connectivity index (χ3v) is 10.5. The first kappa shape index (κ1) is 24.7. The quantitative estimate of drug-likeness (QED) is 0.439. The van der Waals surface area contributed by atoms with Gasteiger partial charge in [0.15, 0.2) is 5.78 Å². The summed E-state index contributed by atoms with van der Waals surface area (Å²) in [5, 5.41) is 0. The molecule has 0 unspecified atom stereocenters. The predicted molar refractivity (Wildman–Crippen MR) is 129 cm³/mol. The van der Waals surface area contributed by atoms with E-state index in [0.29, 0.717) is 41.7 Å². The van der Waals surface area contributed by atoms with Crippen LogP contribution >= 0.6 is 0 Å². The van der Waals surface area contributed by atoms with Gasteiger partial charge in [0.1, 0.15) is 11.9 Å². The number of allylic oxidation sites excluding steroid dienone is 1. The van der Waals surface area contributed by atoms with Crippen molar-refractivity contribution in [1.82, 2.24) is 0 Å². The number of esters is 1. The minimum absolute atomic E-state index is 0.0595. The Kier molecular flexibility index (Phi) is 6.70. The molecule has 0 aromatic carbocycles. The lowest BCUT2D eigenvalue weighted by atomic mass is 9.46. The van der Waals surface area contributed by atoms with Gasteiger partial charge in [-0.3, -0.25) is 14.4 Å². The summed E-state index contributed by atoms with van der Waals surface area (Å²) in [6, 6.07) is 0. The topological polar surface area (TPSA) is 60.4 Å². The highest BCUT2D eigenvalue weighted by molar-refractivity contribution is 5.94. The van der Waals surface area contributed by atoms with Gasteiger partial charge in [0.05, 0.1) is 0 Å². The van der Waals surface area contributed by atoms with E-state index in [4.69, 9.17) is 4.74 Å².